The Morgan fingerprint density at radius 3 is 2.23 bits per heavy atom. The molecule has 4 aliphatic carbocycles. The summed E-state index contributed by atoms with van der Waals surface area (Å²) in [5.74, 6) is 3.39. The highest BCUT2D eigenvalue weighted by atomic mass is 32.2. The molecule has 2 heterocycles. The van der Waals surface area contributed by atoms with Crippen LogP contribution in [0.1, 0.15) is 55.3 Å². The lowest BCUT2D eigenvalue weighted by Gasteiger charge is -2.57. The minimum Gasteiger partial charge on any atom is -0.369 e. The maximum absolute atomic E-state index is 13.1. The molecule has 4 saturated carbocycles. The van der Waals surface area contributed by atoms with Crippen molar-refractivity contribution >= 4 is 15.8 Å². The molecule has 35 heavy (non-hydrogen) atoms. The van der Waals surface area contributed by atoms with Gasteiger partial charge in [-0.2, -0.15) is 17.5 Å². The van der Waals surface area contributed by atoms with Gasteiger partial charge < -0.3 is 5.32 Å². The van der Waals surface area contributed by atoms with E-state index in [0.29, 0.717) is 17.5 Å². The molecular formula is C25H29F3N4O2S. The van der Waals surface area contributed by atoms with Crippen molar-refractivity contribution in [1.29, 1.82) is 0 Å². The summed E-state index contributed by atoms with van der Waals surface area (Å²) in [5.41, 5.74) is 1.06. The number of fused-ring (bicyclic) bond motifs is 1. The van der Waals surface area contributed by atoms with Crippen molar-refractivity contribution in [3.8, 4) is 0 Å². The van der Waals surface area contributed by atoms with Gasteiger partial charge in [-0.15, -0.1) is 0 Å². The van der Waals surface area contributed by atoms with E-state index in [0.717, 1.165) is 59.9 Å². The number of anilines is 1. The van der Waals surface area contributed by atoms with E-state index in [1.165, 1.54) is 49.2 Å². The van der Waals surface area contributed by atoms with Gasteiger partial charge in [-0.3, -0.25) is 0 Å². The molecule has 0 spiro atoms. The molecule has 10 heteroatoms. The van der Waals surface area contributed by atoms with E-state index in [4.69, 9.17) is 0 Å². The fourth-order valence-electron chi connectivity index (χ4n) is 7.43. The van der Waals surface area contributed by atoms with Crippen LogP contribution in [-0.4, -0.2) is 35.8 Å². The number of alkyl halides is 3. The number of halogens is 3. The standard InChI is InChI=1S/C25H29F3N4O2S/c26-25(27,28)19-1-3-20(4-2-19)35(33,34)32-6-5-21-22(13-32)30-15-31-23(21)29-14-24-10-16-7-17(11-24)9-18(8-16)12-24/h1-4,15-18H,5-14H2,(H,29,30,31). The van der Waals surface area contributed by atoms with Crippen LogP contribution in [0.2, 0.25) is 0 Å². The van der Waals surface area contributed by atoms with Crippen LogP contribution in [0.4, 0.5) is 19.0 Å². The van der Waals surface area contributed by atoms with Crippen LogP contribution in [0.5, 0.6) is 0 Å². The van der Waals surface area contributed by atoms with Crippen molar-refractivity contribution in [2.24, 2.45) is 23.2 Å². The van der Waals surface area contributed by atoms with Crippen molar-refractivity contribution < 1.29 is 21.6 Å². The number of hydrogen-bond acceptors (Lipinski definition) is 5. The number of aromatic nitrogens is 2. The first-order valence-corrected chi connectivity index (χ1v) is 13.8. The Balaban J connectivity index is 1.17. The normalized spacial score (nSPS) is 30.3. The number of benzene rings is 1. The largest absolute Gasteiger partial charge is 0.416 e. The van der Waals surface area contributed by atoms with E-state index in [1.807, 2.05) is 0 Å². The molecule has 1 N–H and O–H groups in total. The van der Waals surface area contributed by atoms with Crippen LogP contribution in [0.3, 0.4) is 0 Å². The molecular weight excluding hydrogens is 477 g/mol. The molecule has 0 saturated heterocycles. The highest BCUT2D eigenvalue weighted by Crippen LogP contribution is 2.60. The average Bonchev–Trinajstić information content (AvgIpc) is 2.81. The maximum Gasteiger partial charge on any atom is 0.416 e. The molecule has 1 aromatic carbocycles. The predicted octanol–water partition coefficient (Wildman–Crippen LogP) is 4.87. The van der Waals surface area contributed by atoms with E-state index in [9.17, 15) is 21.6 Å². The highest BCUT2D eigenvalue weighted by molar-refractivity contribution is 7.89. The van der Waals surface area contributed by atoms with Gasteiger partial charge in [0, 0.05) is 18.7 Å². The van der Waals surface area contributed by atoms with Crippen LogP contribution >= 0.6 is 0 Å². The van der Waals surface area contributed by atoms with Crippen LogP contribution in [0.15, 0.2) is 35.5 Å². The van der Waals surface area contributed by atoms with Crippen molar-refractivity contribution in [1.82, 2.24) is 14.3 Å². The summed E-state index contributed by atoms with van der Waals surface area (Å²) in [6, 6.07) is 3.65. The quantitative estimate of drug-likeness (QED) is 0.626. The zero-order valence-electron chi connectivity index (χ0n) is 19.4. The molecule has 0 radical (unpaired) electrons. The van der Waals surface area contributed by atoms with Gasteiger partial charge >= 0.3 is 6.18 Å². The summed E-state index contributed by atoms with van der Waals surface area (Å²) in [6.45, 7) is 1.20. The summed E-state index contributed by atoms with van der Waals surface area (Å²) in [4.78, 5) is 8.69. The van der Waals surface area contributed by atoms with Gasteiger partial charge in [0.25, 0.3) is 0 Å². The lowest BCUT2D eigenvalue weighted by Crippen LogP contribution is -2.49. The second-order valence-electron chi connectivity index (χ2n) is 11.0. The molecule has 4 fully saturated rings. The van der Waals surface area contributed by atoms with E-state index in [1.54, 1.807) is 0 Å². The third-order valence-electron chi connectivity index (χ3n) is 8.59. The van der Waals surface area contributed by atoms with Crippen LogP contribution < -0.4 is 5.32 Å². The number of rotatable bonds is 5. The van der Waals surface area contributed by atoms with Gasteiger partial charge in [0.15, 0.2) is 0 Å². The van der Waals surface area contributed by atoms with Crippen LogP contribution in [0.25, 0.3) is 0 Å². The summed E-state index contributed by atoms with van der Waals surface area (Å²) >= 11 is 0. The molecule has 5 aliphatic rings. The predicted molar refractivity (Wildman–Crippen MR) is 124 cm³/mol. The van der Waals surface area contributed by atoms with Gasteiger partial charge in [0.05, 0.1) is 22.7 Å². The summed E-state index contributed by atoms with van der Waals surface area (Å²) in [6.07, 6.45) is 5.47. The van der Waals surface area contributed by atoms with Gasteiger partial charge in [0.1, 0.15) is 12.1 Å². The Kier molecular flexibility index (Phi) is 5.41. The van der Waals surface area contributed by atoms with Gasteiger partial charge in [-0.1, -0.05) is 0 Å². The number of sulfonamides is 1. The van der Waals surface area contributed by atoms with Crippen molar-refractivity contribution in [3.63, 3.8) is 0 Å². The molecule has 1 aromatic heterocycles. The zero-order valence-corrected chi connectivity index (χ0v) is 20.2. The van der Waals surface area contributed by atoms with Gasteiger partial charge in [-0.25, -0.2) is 18.4 Å². The van der Waals surface area contributed by atoms with Gasteiger partial charge in [0.2, 0.25) is 10.0 Å². The van der Waals surface area contributed by atoms with Crippen molar-refractivity contribution in [2.75, 3.05) is 18.4 Å². The third-order valence-corrected chi connectivity index (χ3v) is 10.4. The minimum atomic E-state index is -4.51. The van der Waals surface area contributed by atoms with E-state index >= 15 is 0 Å². The average molecular weight is 507 g/mol. The first-order valence-electron chi connectivity index (χ1n) is 12.4. The van der Waals surface area contributed by atoms with Crippen molar-refractivity contribution in [3.05, 3.63) is 47.4 Å². The maximum atomic E-state index is 13.1. The molecule has 0 unspecified atom stereocenters. The van der Waals surface area contributed by atoms with E-state index in [-0.39, 0.29) is 18.0 Å². The zero-order chi connectivity index (χ0) is 24.4. The van der Waals surface area contributed by atoms with Gasteiger partial charge in [-0.05, 0) is 92.4 Å². The van der Waals surface area contributed by atoms with E-state index in [2.05, 4.69) is 15.3 Å². The Morgan fingerprint density at radius 1 is 1.00 bits per heavy atom. The number of nitrogens with zero attached hydrogens (tertiary/aromatic N) is 3. The third kappa shape index (κ3) is 4.22. The molecule has 4 bridgehead atoms. The smallest absolute Gasteiger partial charge is 0.369 e. The molecule has 6 nitrogen and oxygen atoms in total. The Morgan fingerprint density at radius 2 is 1.63 bits per heavy atom. The second-order valence-corrected chi connectivity index (χ2v) is 13.0. The molecule has 0 atom stereocenters. The SMILES string of the molecule is O=S(=O)(c1ccc(C(F)(F)F)cc1)N1CCc2c(ncnc2NCC23CC4CC(CC(C4)C2)C3)C1. The first-order chi connectivity index (χ1) is 16.6. The molecule has 0 amide bonds. The van der Waals surface area contributed by atoms with Crippen LogP contribution in [-0.2, 0) is 29.2 Å². The van der Waals surface area contributed by atoms with E-state index < -0.39 is 21.8 Å². The Bertz CT molecular complexity index is 1190. The second kappa shape index (κ2) is 8.16. The highest BCUT2D eigenvalue weighted by Gasteiger charge is 2.50. The summed E-state index contributed by atoms with van der Waals surface area (Å²) in [7, 11) is -3.94. The first kappa shape index (κ1) is 23.2. The molecule has 2 aromatic rings. The fourth-order valence-corrected chi connectivity index (χ4v) is 8.83. The Labute approximate surface area is 203 Å². The lowest BCUT2D eigenvalue weighted by atomic mass is 9.49. The van der Waals surface area contributed by atoms with Crippen molar-refractivity contribution in [2.45, 2.75) is 62.6 Å². The summed E-state index contributed by atoms with van der Waals surface area (Å²) < 4.78 is 66.1. The minimum absolute atomic E-state index is 0.0766. The Hall–Kier alpha value is -2.20. The monoisotopic (exact) mass is 506 g/mol. The lowest BCUT2D eigenvalue weighted by molar-refractivity contribution is -0.137. The van der Waals surface area contributed by atoms with Crippen LogP contribution in [0, 0.1) is 23.2 Å². The summed E-state index contributed by atoms with van der Waals surface area (Å²) in [5, 5.41) is 3.61. The molecule has 1 aliphatic heterocycles. The molecule has 7 rings (SSSR count). The number of nitrogens with one attached hydrogen (secondary N) is 1. The molecule has 188 valence electrons. The fraction of sp³-hybridized carbons (Fsp3) is 0.600. The number of hydrogen-bond donors (Lipinski definition) is 1. The topological polar surface area (TPSA) is 75.2 Å².